The fraction of sp³-hybridized carbons (Fsp3) is 0.462. The Bertz CT molecular complexity index is 587. The van der Waals surface area contributed by atoms with E-state index in [2.05, 4.69) is 50.2 Å². The molecular formula is C13H17BrN4O. The summed E-state index contributed by atoms with van der Waals surface area (Å²) >= 11 is 3.55. The van der Waals surface area contributed by atoms with Crippen molar-refractivity contribution in [1.29, 1.82) is 0 Å². The monoisotopic (exact) mass is 324 g/mol. The molecule has 0 aliphatic carbocycles. The van der Waals surface area contributed by atoms with Gasteiger partial charge in [0.05, 0.1) is 21.4 Å². The largest absolute Gasteiger partial charge is 0.372 e. The Kier molecular flexibility index (Phi) is 3.89. The molecule has 0 unspecified atom stereocenters. The molecule has 0 bridgehead atoms. The molecule has 0 fully saturated rings. The van der Waals surface area contributed by atoms with E-state index in [0.717, 1.165) is 33.0 Å². The third kappa shape index (κ3) is 2.49. The molecule has 1 N–H and O–H groups in total. The molecule has 0 saturated carbocycles. The maximum atomic E-state index is 5.19. The lowest BCUT2D eigenvalue weighted by molar-refractivity contribution is 0.393. The van der Waals surface area contributed by atoms with Gasteiger partial charge in [0.2, 0.25) is 0 Å². The van der Waals surface area contributed by atoms with Crippen LogP contribution in [0.3, 0.4) is 0 Å². The van der Waals surface area contributed by atoms with Crippen LogP contribution in [0.5, 0.6) is 0 Å². The van der Waals surface area contributed by atoms with Gasteiger partial charge in [0.25, 0.3) is 0 Å². The first kappa shape index (κ1) is 14.0. The number of rotatable bonds is 3. The smallest absolute Gasteiger partial charge is 0.167 e. The lowest BCUT2D eigenvalue weighted by Crippen LogP contribution is -2.05. The Hall–Kier alpha value is -1.43. The molecule has 0 aliphatic rings. The van der Waals surface area contributed by atoms with Gasteiger partial charge in [0.15, 0.2) is 5.82 Å². The van der Waals surface area contributed by atoms with Gasteiger partial charge in [-0.05, 0) is 35.7 Å². The minimum Gasteiger partial charge on any atom is -0.372 e. The summed E-state index contributed by atoms with van der Waals surface area (Å²) in [5, 5.41) is 7.04. The fourth-order valence-electron chi connectivity index (χ4n) is 1.93. The van der Waals surface area contributed by atoms with Crippen molar-refractivity contribution in [3.63, 3.8) is 0 Å². The topological polar surface area (TPSA) is 63.8 Å². The predicted molar refractivity (Wildman–Crippen MR) is 78.3 cm³/mol. The van der Waals surface area contributed by atoms with E-state index in [4.69, 9.17) is 4.52 Å². The van der Waals surface area contributed by atoms with Gasteiger partial charge in [0.1, 0.15) is 11.6 Å². The van der Waals surface area contributed by atoms with Crippen molar-refractivity contribution in [1.82, 2.24) is 15.1 Å². The van der Waals surface area contributed by atoms with E-state index in [1.54, 1.807) is 0 Å². The quantitative estimate of drug-likeness (QED) is 0.933. The molecule has 0 aromatic carbocycles. The standard InChI is InChI=1S/C13H17BrN4O/c1-6(2)11-10(14)13(15-5)17-12(16-11)9-7(3)18-19-8(9)4/h6H,1-5H3,(H,15,16,17). The van der Waals surface area contributed by atoms with Crippen molar-refractivity contribution in [2.75, 3.05) is 12.4 Å². The van der Waals surface area contributed by atoms with Crippen molar-refractivity contribution in [2.24, 2.45) is 0 Å². The normalized spacial score (nSPS) is 11.1. The summed E-state index contributed by atoms with van der Waals surface area (Å²) in [7, 11) is 1.84. The fourth-order valence-corrected chi connectivity index (χ4v) is 2.76. The van der Waals surface area contributed by atoms with E-state index in [1.807, 2.05) is 20.9 Å². The van der Waals surface area contributed by atoms with Gasteiger partial charge in [-0.2, -0.15) is 0 Å². The molecule has 0 radical (unpaired) electrons. The average molecular weight is 325 g/mol. The first-order chi connectivity index (χ1) is 8.95. The number of aromatic nitrogens is 3. The number of aryl methyl sites for hydroxylation is 2. The zero-order valence-corrected chi connectivity index (χ0v) is 13.3. The summed E-state index contributed by atoms with van der Waals surface area (Å²) < 4.78 is 6.09. The number of nitrogens with one attached hydrogen (secondary N) is 1. The zero-order chi connectivity index (χ0) is 14.2. The van der Waals surface area contributed by atoms with Crippen molar-refractivity contribution in [2.45, 2.75) is 33.6 Å². The first-order valence-corrected chi connectivity index (χ1v) is 6.93. The molecule has 2 aromatic rings. The summed E-state index contributed by atoms with van der Waals surface area (Å²) in [6.45, 7) is 7.97. The predicted octanol–water partition coefficient (Wildman–Crippen LogP) is 3.68. The molecule has 5 nitrogen and oxygen atoms in total. The maximum Gasteiger partial charge on any atom is 0.167 e. The number of hydrogen-bond acceptors (Lipinski definition) is 5. The van der Waals surface area contributed by atoms with Crippen LogP contribution in [0.4, 0.5) is 5.82 Å². The second-order valence-corrected chi connectivity index (χ2v) is 5.49. The molecule has 0 aliphatic heterocycles. The highest BCUT2D eigenvalue weighted by molar-refractivity contribution is 9.10. The van der Waals surface area contributed by atoms with Gasteiger partial charge >= 0.3 is 0 Å². The second kappa shape index (κ2) is 5.28. The van der Waals surface area contributed by atoms with Gasteiger partial charge in [-0.25, -0.2) is 9.97 Å². The zero-order valence-electron chi connectivity index (χ0n) is 11.7. The molecular weight excluding hydrogens is 308 g/mol. The van der Waals surface area contributed by atoms with Gasteiger partial charge < -0.3 is 9.84 Å². The summed E-state index contributed by atoms with van der Waals surface area (Å²) in [6.07, 6.45) is 0. The lowest BCUT2D eigenvalue weighted by Gasteiger charge is -2.13. The van der Waals surface area contributed by atoms with E-state index in [1.165, 1.54) is 0 Å². The van der Waals surface area contributed by atoms with Crippen molar-refractivity contribution in [3.05, 3.63) is 21.6 Å². The highest BCUT2D eigenvalue weighted by Gasteiger charge is 2.19. The maximum absolute atomic E-state index is 5.19. The molecule has 0 spiro atoms. The van der Waals surface area contributed by atoms with Crippen LogP contribution < -0.4 is 5.32 Å². The number of hydrogen-bond donors (Lipinski definition) is 1. The van der Waals surface area contributed by atoms with E-state index in [9.17, 15) is 0 Å². The van der Waals surface area contributed by atoms with Crippen LogP contribution in [-0.2, 0) is 0 Å². The Morgan fingerprint density at radius 1 is 1.21 bits per heavy atom. The second-order valence-electron chi connectivity index (χ2n) is 4.70. The van der Waals surface area contributed by atoms with E-state index >= 15 is 0 Å². The third-order valence-corrected chi connectivity index (χ3v) is 3.70. The van der Waals surface area contributed by atoms with Crippen LogP contribution in [0.2, 0.25) is 0 Å². The highest BCUT2D eigenvalue weighted by Crippen LogP contribution is 2.32. The van der Waals surface area contributed by atoms with Crippen molar-refractivity contribution < 1.29 is 4.52 Å². The molecule has 2 heterocycles. The van der Waals surface area contributed by atoms with Crippen LogP contribution in [0.1, 0.15) is 36.9 Å². The van der Waals surface area contributed by atoms with Crippen LogP contribution in [0.15, 0.2) is 9.00 Å². The third-order valence-electron chi connectivity index (χ3n) is 2.92. The van der Waals surface area contributed by atoms with Gasteiger partial charge in [0, 0.05) is 7.05 Å². The van der Waals surface area contributed by atoms with E-state index in [-0.39, 0.29) is 0 Å². The minimum absolute atomic E-state index is 0.295. The van der Waals surface area contributed by atoms with Crippen LogP contribution in [-0.4, -0.2) is 22.2 Å². The van der Waals surface area contributed by atoms with Crippen molar-refractivity contribution in [3.8, 4) is 11.4 Å². The summed E-state index contributed by atoms with van der Waals surface area (Å²) in [6, 6.07) is 0. The number of halogens is 1. The van der Waals surface area contributed by atoms with Crippen LogP contribution in [0, 0.1) is 13.8 Å². The molecule has 19 heavy (non-hydrogen) atoms. The summed E-state index contributed by atoms with van der Waals surface area (Å²) in [5.74, 6) is 2.45. The van der Waals surface area contributed by atoms with Gasteiger partial charge in [-0.3, -0.25) is 0 Å². The highest BCUT2D eigenvalue weighted by atomic mass is 79.9. The Morgan fingerprint density at radius 3 is 2.37 bits per heavy atom. The summed E-state index contributed by atoms with van der Waals surface area (Å²) in [4.78, 5) is 9.18. The lowest BCUT2D eigenvalue weighted by atomic mass is 10.1. The summed E-state index contributed by atoms with van der Waals surface area (Å²) in [5.41, 5.74) is 2.64. The first-order valence-electron chi connectivity index (χ1n) is 6.14. The van der Waals surface area contributed by atoms with Crippen LogP contribution >= 0.6 is 15.9 Å². The molecule has 6 heteroatoms. The minimum atomic E-state index is 0.295. The molecule has 2 aromatic heterocycles. The molecule has 0 saturated heterocycles. The Balaban J connectivity index is 2.68. The van der Waals surface area contributed by atoms with Gasteiger partial charge in [-0.1, -0.05) is 19.0 Å². The Labute approximate surface area is 121 Å². The van der Waals surface area contributed by atoms with Gasteiger partial charge in [-0.15, -0.1) is 0 Å². The van der Waals surface area contributed by atoms with E-state index in [0.29, 0.717) is 11.7 Å². The average Bonchev–Trinajstić information content (AvgIpc) is 2.69. The SMILES string of the molecule is CNc1nc(-c2c(C)noc2C)nc(C(C)C)c1Br. The number of anilines is 1. The molecule has 0 atom stereocenters. The Morgan fingerprint density at radius 2 is 1.89 bits per heavy atom. The van der Waals surface area contributed by atoms with Crippen molar-refractivity contribution >= 4 is 21.7 Å². The molecule has 0 amide bonds. The molecule has 2 rings (SSSR count). The number of nitrogens with zero attached hydrogens (tertiary/aromatic N) is 3. The van der Waals surface area contributed by atoms with E-state index < -0.39 is 0 Å². The van der Waals surface area contributed by atoms with Crippen LogP contribution in [0.25, 0.3) is 11.4 Å². The molecule has 102 valence electrons.